The van der Waals surface area contributed by atoms with Crippen LogP contribution in [0.5, 0.6) is 0 Å². The zero-order chi connectivity index (χ0) is 16.2. The SMILES string of the molecule is c1ccc(COC[C@@H]2CC[C@@H]3[C@@H](CCN3Cc3cccs3)O2)nc1. The molecule has 0 radical (unpaired) electrons. The van der Waals surface area contributed by atoms with Crippen LogP contribution in [-0.4, -0.2) is 41.3 Å². The minimum atomic E-state index is 0.233. The van der Waals surface area contributed by atoms with Crippen LogP contribution in [0.1, 0.15) is 29.8 Å². The van der Waals surface area contributed by atoms with E-state index < -0.39 is 0 Å². The predicted molar refractivity (Wildman–Crippen MR) is 94.9 cm³/mol. The van der Waals surface area contributed by atoms with Gasteiger partial charge in [-0.05, 0) is 42.8 Å². The van der Waals surface area contributed by atoms with Crippen molar-refractivity contribution < 1.29 is 9.47 Å². The summed E-state index contributed by atoms with van der Waals surface area (Å²) in [6, 6.07) is 10.9. The molecule has 4 heterocycles. The summed E-state index contributed by atoms with van der Waals surface area (Å²) in [5.74, 6) is 0. The van der Waals surface area contributed by atoms with Crippen molar-refractivity contribution in [3.8, 4) is 0 Å². The fourth-order valence-corrected chi connectivity index (χ4v) is 4.52. The summed E-state index contributed by atoms with van der Waals surface area (Å²) in [5, 5.41) is 2.16. The lowest BCUT2D eigenvalue weighted by molar-refractivity contribution is -0.102. The average Bonchev–Trinajstić information content (AvgIpc) is 3.26. The first kappa shape index (κ1) is 16.2. The molecule has 5 heteroatoms. The quantitative estimate of drug-likeness (QED) is 0.803. The minimum Gasteiger partial charge on any atom is -0.372 e. The van der Waals surface area contributed by atoms with Crippen molar-refractivity contribution in [3.05, 3.63) is 52.5 Å². The number of rotatable bonds is 6. The molecule has 0 N–H and O–H groups in total. The Morgan fingerprint density at radius 1 is 1.21 bits per heavy atom. The van der Waals surface area contributed by atoms with Crippen LogP contribution in [0.2, 0.25) is 0 Å². The highest BCUT2D eigenvalue weighted by Crippen LogP contribution is 2.33. The molecule has 2 aromatic heterocycles. The second kappa shape index (κ2) is 7.74. The highest BCUT2D eigenvalue weighted by molar-refractivity contribution is 7.09. The third kappa shape index (κ3) is 3.86. The molecule has 0 saturated carbocycles. The summed E-state index contributed by atoms with van der Waals surface area (Å²) in [7, 11) is 0. The van der Waals surface area contributed by atoms with Crippen molar-refractivity contribution in [2.45, 2.75) is 50.7 Å². The number of likely N-dealkylation sites (tertiary alicyclic amines) is 1. The van der Waals surface area contributed by atoms with Crippen molar-refractivity contribution in [2.24, 2.45) is 0 Å². The van der Waals surface area contributed by atoms with E-state index in [-0.39, 0.29) is 6.10 Å². The maximum absolute atomic E-state index is 6.31. The summed E-state index contributed by atoms with van der Waals surface area (Å²) in [5.41, 5.74) is 0.981. The third-order valence-corrected chi connectivity index (χ3v) is 5.83. The van der Waals surface area contributed by atoms with Gasteiger partial charge >= 0.3 is 0 Å². The molecule has 0 unspecified atom stereocenters. The second-order valence-corrected chi connectivity index (χ2v) is 7.65. The Labute approximate surface area is 147 Å². The Morgan fingerprint density at radius 3 is 3.04 bits per heavy atom. The van der Waals surface area contributed by atoms with E-state index in [1.807, 2.05) is 29.5 Å². The summed E-state index contributed by atoms with van der Waals surface area (Å²) in [6.07, 6.45) is 5.87. The van der Waals surface area contributed by atoms with Crippen LogP contribution >= 0.6 is 11.3 Å². The van der Waals surface area contributed by atoms with E-state index in [4.69, 9.17) is 9.47 Å². The summed E-state index contributed by atoms with van der Waals surface area (Å²) < 4.78 is 12.1. The Kier molecular flexibility index (Phi) is 5.23. The molecule has 4 rings (SSSR count). The van der Waals surface area contributed by atoms with Crippen LogP contribution in [0.4, 0.5) is 0 Å². The largest absolute Gasteiger partial charge is 0.372 e. The molecule has 0 spiro atoms. The summed E-state index contributed by atoms with van der Waals surface area (Å²) in [4.78, 5) is 8.34. The maximum atomic E-state index is 6.31. The Balaban J connectivity index is 1.23. The monoisotopic (exact) mass is 344 g/mol. The lowest BCUT2D eigenvalue weighted by Gasteiger charge is -2.35. The fraction of sp³-hybridized carbons (Fsp3) is 0.526. The lowest BCUT2D eigenvalue weighted by atomic mass is 9.99. The molecule has 0 bridgehead atoms. The molecular weight excluding hydrogens is 320 g/mol. The van der Waals surface area contributed by atoms with Gasteiger partial charge in [-0.25, -0.2) is 0 Å². The van der Waals surface area contributed by atoms with Gasteiger partial charge in [0, 0.05) is 30.2 Å². The molecule has 0 aromatic carbocycles. The van der Waals surface area contributed by atoms with Gasteiger partial charge in [-0.15, -0.1) is 11.3 Å². The Hall–Kier alpha value is -1.27. The third-order valence-electron chi connectivity index (χ3n) is 4.97. The number of thiophene rings is 1. The number of fused-ring (bicyclic) bond motifs is 1. The molecule has 0 amide bonds. The van der Waals surface area contributed by atoms with Crippen molar-refractivity contribution >= 4 is 11.3 Å². The first-order valence-electron chi connectivity index (χ1n) is 8.78. The van der Waals surface area contributed by atoms with Crippen molar-refractivity contribution in [2.75, 3.05) is 13.2 Å². The number of hydrogen-bond acceptors (Lipinski definition) is 5. The van der Waals surface area contributed by atoms with Crippen molar-refractivity contribution in [3.63, 3.8) is 0 Å². The predicted octanol–water partition coefficient (Wildman–Crippen LogP) is 3.48. The number of nitrogens with zero attached hydrogens (tertiary/aromatic N) is 2. The summed E-state index contributed by atoms with van der Waals surface area (Å²) >= 11 is 1.85. The van der Waals surface area contributed by atoms with E-state index >= 15 is 0 Å². The van der Waals surface area contributed by atoms with Crippen LogP contribution in [0.15, 0.2) is 41.9 Å². The number of ether oxygens (including phenoxy) is 2. The summed E-state index contributed by atoms with van der Waals surface area (Å²) in [6.45, 7) is 3.46. The average molecular weight is 344 g/mol. The van der Waals surface area contributed by atoms with Crippen LogP contribution in [0, 0.1) is 0 Å². The molecule has 2 aromatic rings. The molecule has 2 aliphatic heterocycles. The maximum Gasteiger partial charge on any atom is 0.0889 e. The van der Waals surface area contributed by atoms with E-state index in [1.54, 1.807) is 6.20 Å². The normalized spacial score (nSPS) is 27.2. The smallest absolute Gasteiger partial charge is 0.0889 e. The first-order valence-corrected chi connectivity index (χ1v) is 9.66. The molecule has 4 nitrogen and oxygen atoms in total. The standard InChI is InChI=1S/C19H24N2O2S/c1-2-9-20-15(4-1)13-22-14-16-6-7-18-19(23-16)8-10-21(18)12-17-5-3-11-24-17/h1-5,9,11,16,18-19H,6-8,10,12-14H2/t16-,18+,19+/m0/s1. The van der Waals surface area contributed by atoms with Crippen LogP contribution in [0.25, 0.3) is 0 Å². The van der Waals surface area contributed by atoms with E-state index in [1.165, 1.54) is 11.3 Å². The van der Waals surface area contributed by atoms with Gasteiger partial charge < -0.3 is 9.47 Å². The zero-order valence-electron chi connectivity index (χ0n) is 13.8. The van der Waals surface area contributed by atoms with Crippen LogP contribution in [0.3, 0.4) is 0 Å². The highest BCUT2D eigenvalue weighted by Gasteiger charge is 2.39. The fourth-order valence-electron chi connectivity index (χ4n) is 3.79. The van der Waals surface area contributed by atoms with Crippen molar-refractivity contribution in [1.29, 1.82) is 0 Å². The topological polar surface area (TPSA) is 34.6 Å². The van der Waals surface area contributed by atoms with Gasteiger partial charge in [-0.3, -0.25) is 9.88 Å². The van der Waals surface area contributed by atoms with E-state index in [0.717, 1.165) is 31.6 Å². The van der Waals surface area contributed by atoms with Gasteiger partial charge in [-0.2, -0.15) is 0 Å². The molecule has 24 heavy (non-hydrogen) atoms. The Morgan fingerprint density at radius 2 is 2.21 bits per heavy atom. The second-order valence-electron chi connectivity index (χ2n) is 6.62. The van der Waals surface area contributed by atoms with Gasteiger partial charge in [-0.1, -0.05) is 12.1 Å². The lowest BCUT2D eigenvalue weighted by Crippen LogP contribution is -2.43. The van der Waals surface area contributed by atoms with Gasteiger partial charge in [0.2, 0.25) is 0 Å². The minimum absolute atomic E-state index is 0.233. The molecule has 2 fully saturated rings. The van der Waals surface area contributed by atoms with Gasteiger partial charge in [0.05, 0.1) is 31.1 Å². The zero-order valence-corrected chi connectivity index (χ0v) is 14.7. The van der Waals surface area contributed by atoms with E-state index in [9.17, 15) is 0 Å². The highest BCUT2D eigenvalue weighted by atomic mass is 32.1. The molecule has 3 atom stereocenters. The number of hydrogen-bond donors (Lipinski definition) is 0. The van der Waals surface area contributed by atoms with Gasteiger partial charge in [0.15, 0.2) is 0 Å². The Bertz CT molecular complexity index is 620. The van der Waals surface area contributed by atoms with Gasteiger partial charge in [0.25, 0.3) is 0 Å². The van der Waals surface area contributed by atoms with Crippen LogP contribution < -0.4 is 0 Å². The van der Waals surface area contributed by atoms with Crippen molar-refractivity contribution in [1.82, 2.24) is 9.88 Å². The number of pyridine rings is 1. The van der Waals surface area contributed by atoms with Crippen LogP contribution in [-0.2, 0) is 22.6 Å². The molecule has 128 valence electrons. The molecule has 2 aliphatic rings. The molecular formula is C19H24N2O2S. The van der Waals surface area contributed by atoms with E-state index in [0.29, 0.717) is 25.4 Å². The van der Waals surface area contributed by atoms with Gasteiger partial charge in [0.1, 0.15) is 0 Å². The first-order chi connectivity index (χ1) is 11.9. The number of aromatic nitrogens is 1. The molecule has 2 saturated heterocycles. The molecule has 0 aliphatic carbocycles. The van der Waals surface area contributed by atoms with E-state index in [2.05, 4.69) is 27.4 Å².